The van der Waals surface area contributed by atoms with Gasteiger partial charge in [0.1, 0.15) is 12.1 Å². The lowest BCUT2D eigenvalue weighted by molar-refractivity contribution is 0.416. The van der Waals surface area contributed by atoms with Gasteiger partial charge in [-0.2, -0.15) is 0 Å². The Labute approximate surface area is 177 Å². The molecule has 0 fully saturated rings. The van der Waals surface area contributed by atoms with E-state index in [-0.39, 0.29) is 0 Å². The lowest BCUT2D eigenvalue weighted by atomic mass is 10.0. The van der Waals surface area contributed by atoms with E-state index in [4.69, 9.17) is 4.74 Å². The van der Waals surface area contributed by atoms with Crippen LogP contribution >= 0.6 is 27.7 Å². The molecular formula is C23H19BrN2OS. The number of nitrogens with zero attached hydrogens (tertiary/aromatic N) is 2. The van der Waals surface area contributed by atoms with E-state index in [1.54, 1.807) is 13.4 Å². The molecule has 0 aliphatic heterocycles. The van der Waals surface area contributed by atoms with Gasteiger partial charge in [-0.3, -0.25) is 0 Å². The molecule has 0 aliphatic rings. The molecule has 1 aromatic heterocycles. The predicted octanol–water partition coefficient (Wildman–Crippen LogP) is 6.67. The fraction of sp³-hybridized carbons (Fsp3) is 0.130. The number of aromatic nitrogens is 2. The van der Waals surface area contributed by atoms with Crippen LogP contribution in [-0.2, 0) is 5.75 Å². The van der Waals surface area contributed by atoms with E-state index in [9.17, 15) is 0 Å². The van der Waals surface area contributed by atoms with Crippen molar-refractivity contribution in [2.45, 2.75) is 17.6 Å². The molecule has 0 bridgehead atoms. The number of methoxy groups -OCH3 is 1. The zero-order chi connectivity index (χ0) is 19.5. The lowest BCUT2D eigenvalue weighted by Gasteiger charge is -2.13. The molecule has 4 rings (SSSR count). The molecule has 4 aromatic rings. The summed E-state index contributed by atoms with van der Waals surface area (Å²) >= 11 is 5.38. The Morgan fingerprint density at radius 3 is 2.61 bits per heavy atom. The maximum Gasteiger partial charge on any atom is 0.129 e. The second kappa shape index (κ2) is 8.33. The molecule has 3 aromatic carbocycles. The van der Waals surface area contributed by atoms with E-state index in [1.165, 1.54) is 10.5 Å². The van der Waals surface area contributed by atoms with Crippen molar-refractivity contribution in [2.75, 3.05) is 7.11 Å². The highest BCUT2D eigenvalue weighted by atomic mass is 79.9. The van der Waals surface area contributed by atoms with Crippen molar-refractivity contribution >= 4 is 38.6 Å². The number of halogens is 1. The number of ether oxygens (including phenoxy) is 1. The molecule has 0 aliphatic carbocycles. The number of fused-ring (bicyclic) bond motifs is 1. The van der Waals surface area contributed by atoms with Gasteiger partial charge in [0.05, 0.1) is 18.3 Å². The highest BCUT2D eigenvalue weighted by Gasteiger charge is 2.14. The quantitative estimate of drug-likeness (QED) is 0.318. The Morgan fingerprint density at radius 1 is 1.00 bits per heavy atom. The van der Waals surface area contributed by atoms with Gasteiger partial charge in [-0.1, -0.05) is 46.3 Å². The molecule has 0 N–H and O–H groups in total. The fourth-order valence-corrected chi connectivity index (χ4v) is 4.31. The summed E-state index contributed by atoms with van der Waals surface area (Å²) in [5.41, 5.74) is 5.24. The molecule has 1 heterocycles. The van der Waals surface area contributed by atoms with Crippen LogP contribution in [0.3, 0.4) is 0 Å². The smallest absolute Gasteiger partial charge is 0.129 e. The van der Waals surface area contributed by atoms with Crippen molar-refractivity contribution in [3.63, 3.8) is 0 Å². The minimum Gasteiger partial charge on any atom is -0.496 e. The third-order valence-corrected chi connectivity index (χ3v) is 6.51. The van der Waals surface area contributed by atoms with Crippen molar-refractivity contribution < 1.29 is 4.74 Å². The first kappa shape index (κ1) is 19.0. The average Bonchev–Trinajstić information content (AvgIpc) is 2.74. The summed E-state index contributed by atoms with van der Waals surface area (Å²) in [6.45, 7) is 2.06. The number of aryl methyl sites for hydroxylation is 1. The highest BCUT2D eigenvalue weighted by Crippen LogP contribution is 2.37. The SMILES string of the molecule is COc1cc(Br)c(C)cc1-c1ncnc2cc(SCc3ccccc3)ccc12. The molecule has 0 atom stereocenters. The van der Waals surface area contributed by atoms with Crippen molar-refractivity contribution in [3.8, 4) is 17.0 Å². The summed E-state index contributed by atoms with van der Waals surface area (Å²) in [5, 5.41) is 1.02. The van der Waals surface area contributed by atoms with Gasteiger partial charge in [0.2, 0.25) is 0 Å². The molecule has 0 amide bonds. The van der Waals surface area contributed by atoms with E-state index in [2.05, 4.69) is 81.4 Å². The Hall–Kier alpha value is -2.37. The maximum atomic E-state index is 5.60. The fourth-order valence-electron chi connectivity index (χ4n) is 3.10. The highest BCUT2D eigenvalue weighted by molar-refractivity contribution is 9.10. The van der Waals surface area contributed by atoms with E-state index in [0.29, 0.717) is 0 Å². The number of rotatable bonds is 5. The van der Waals surface area contributed by atoms with E-state index < -0.39 is 0 Å². The van der Waals surface area contributed by atoms with E-state index in [0.717, 1.165) is 43.7 Å². The first-order valence-electron chi connectivity index (χ1n) is 8.91. The standard InChI is InChI=1S/C23H19BrN2OS/c1-15-10-19(22(27-2)12-20(15)24)23-18-9-8-17(11-21(18)25-14-26-23)28-13-16-6-4-3-5-7-16/h3-12,14H,13H2,1-2H3. The number of hydrogen-bond acceptors (Lipinski definition) is 4. The molecule has 0 saturated heterocycles. The summed E-state index contributed by atoms with van der Waals surface area (Å²) in [6.07, 6.45) is 1.63. The van der Waals surface area contributed by atoms with Gasteiger partial charge in [-0.25, -0.2) is 9.97 Å². The van der Waals surface area contributed by atoms with Crippen LogP contribution in [-0.4, -0.2) is 17.1 Å². The van der Waals surface area contributed by atoms with Crippen molar-refractivity contribution in [1.82, 2.24) is 9.97 Å². The van der Waals surface area contributed by atoms with Crippen molar-refractivity contribution in [1.29, 1.82) is 0 Å². The monoisotopic (exact) mass is 450 g/mol. The van der Waals surface area contributed by atoms with Gasteiger partial charge in [0, 0.05) is 26.1 Å². The van der Waals surface area contributed by atoms with Gasteiger partial charge < -0.3 is 4.74 Å². The van der Waals surface area contributed by atoms with Crippen LogP contribution in [0.5, 0.6) is 5.75 Å². The zero-order valence-corrected chi connectivity index (χ0v) is 18.0. The average molecular weight is 451 g/mol. The largest absolute Gasteiger partial charge is 0.496 e. The van der Waals surface area contributed by atoms with E-state index >= 15 is 0 Å². The Bertz CT molecular complexity index is 1130. The molecule has 28 heavy (non-hydrogen) atoms. The summed E-state index contributed by atoms with van der Waals surface area (Å²) in [6, 6.07) is 21.0. The molecule has 0 spiro atoms. The van der Waals surface area contributed by atoms with Crippen LogP contribution in [0.2, 0.25) is 0 Å². The van der Waals surface area contributed by atoms with Gasteiger partial charge in [-0.05, 0) is 48.4 Å². The molecule has 140 valence electrons. The minimum absolute atomic E-state index is 0.792. The molecule has 5 heteroatoms. The van der Waals surface area contributed by atoms with Crippen LogP contribution in [0.15, 0.2) is 76.4 Å². The number of benzene rings is 3. The first-order valence-corrected chi connectivity index (χ1v) is 10.7. The van der Waals surface area contributed by atoms with Crippen molar-refractivity contribution in [2.24, 2.45) is 0 Å². The van der Waals surface area contributed by atoms with Gasteiger partial charge in [0.25, 0.3) is 0 Å². The van der Waals surface area contributed by atoms with Crippen molar-refractivity contribution in [3.05, 3.63) is 82.6 Å². The Balaban J connectivity index is 1.71. The van der Waals surface area contributed by atoms with Gasteiger partial charge in [-0.15, -0.1) is 11.8 Å². The molecule has 0 saturated carbocycles. The molecule has 0 unspecified atom stereocenters. The maximum absolute atomic E-state index is 5.60. The van der Waals surface area contributed by atoms with Gasteiger partial charge >= 0.3 is 0 Å². The Morgan fingerprint density at radius 2 is 1.82 bits per heavy atom. The normalized spacial score (nSPS) is 11.0. The zero-order valence-electron chi connectivity index (χ0n) is 15.6. The third-order valence-electron chi connectivity index (χ3n) is 4.59. The predicted molar refractivity (Wildman–Crippen MR) is 120 cm³/mol. The topological polar surface area (TPSA) is 35.0 Å². The molecule has 0 radical (unpaired) electrons. The molecular weight excluding hydrogens is 432 g/mol. The Kier molecular flexibility index (Phi) is 5.64. The minimum atomic E-state index is 0.792. The molecule has 3 nitrogen and oxygen atoms in total. The second-order valence-electron chi connectivity index (χ2n) is 6.48. The van der Waals surface area contributed by atoms with Crippen LogP contribution in [0, 0.1) is 6.92 Å². The lowest BCUT2D eigenvalue weighted by Crippen LogP contribution is -1.94. The first-order chi connectivity index (χ1) is 13.7. The van der Waals surface area contributed by atoms with Crippen LogP contribution < -0.4 is 4.74 Å². The second-order valence-corrected chi connectivity index (χ2v) is 8.38. The van der Waals surface area contributed by atoms with Crippen LogP contribution in [0.25, 0.3) is 22.2 Å². The van der Waals surface area contributed by atoms with E-state index in [1.807, 2.05) is 23.9 Å². The van der Waals surface area contributed by atoms with Crippen LogP contribution in [0.4, 0.5) is 0 Å². The summed E-state index contributed by atoms with van der Waals surface area (Å²) < 4.78 is 6.62. The summed E-state index contributed by atoms with van der Waals surface area (Å²) in [4.78, 5) is 10.3. The summed E-state index contributed by atoms with van der Waals surface area (Å²) in [7, 11) is 1.68. The van der Waals surface area contributed by atoms with Crippen LogP contribution in [0.1, 0.15) is 11.1 Å². The third kappa shape index (κ3) is 3.91. The van der Waals surface area contributed by atoms with Gasteiger partial charge in [0.15, 0.2) is 0 Å². The number of hydrogen-bond donors (Lipinski definition) is 0. The number of thioether (sulfide) groups is 1. The summed E-state index contributed by atoms with van der Waals surface area (Å²) in [5.74, 6) is 1.73.